The molecule has 2 N–H and O–H groups in total. The summed E-state index contributed by atoms with van der Waals surface area (Å²) in [6, 6.07) is 3.16. The Morgan fingerprint density at radius 2 is 2.12 bits per heavy atom. The quantitative estimate of drug-likeness (QED) is 0.766. The maximum absolute atomic E-state index is 4.51. The number of nitrogens with zero attached hydrogens (tertiary/aromatic N) is 4. The molecule has 6 heteroatoms. The Kier molecular flexibility index (Phi) is 4.36. The van der Waals surface area contributed by atoms with Gasteiger partial charge in [-0.3, -0.25) is 0 Å². The molecule has 6 nitrogen and oxygen atoms in total. The number of aromatic nitrogens is 4. The van der Waals surface area contributed by atoms with E-state index in [-0.39, 0.29) is 0 Å². The van der Waals surface area contributed by atoms with Gasteiger partial charge in [0.05, 0.1) is 5.39 Å². The van der Waals surface area contributed by atoms with Crippen LogP contribution in [0, 0.1) is 0 Å². The first-order chi connectivity index (χ1) is 12.2. The van der Waals surface area contributed by atoms with Crippen LogP contribution < -0.4 is 10.2 Å². The van der Waals surface area contributed by atoms with Crippen molar-refractivity contribution in [1.29, 1.82) is 0 Å². The van der Waals surface area contributed by atoms with Crippen LogP contribution in [0.4, 0.5) is 5.69 Å². The molecule has 0 radical (unpaired) electrons. The molecule has 4 rings (SSSR count). The normalized spacial score (nSPS) is 18.2. The van der Waals surface area contributed by atoms with Gasteiger partial charge in [-0.05, 0) is 18.9 Å². The minimum absolute atomic E-state index is 0.506. The molecule has 3 aromatic heterocycles. The molecule has 1 aliphatic rings. The fourth-order valence-corrected chi connectivity index (χ4v) is 3.77. The molecule has 3 aromatic rings. The van der Waals surface area contributed by atoms with E-state index >= 15 is 0 Å². The van der Waals surface area contributed by atoms with Gasteiger partial charge in [0, 0.05) is 66.8 Å². The number of hydrogen-bond acceptors (Lipinski definition) is 5. The first-order valence-electron chi connectivity index (χ1n) is 8.95. The summed E-state index contributed by atoms with van der Waals surface area (Å²) in [5, 5.41) is 4.84. The van der Waals surface area contributed by atoms with Gasteiger partial charge in [0.15, 0.2) is 0 Å². The molecule has 1 atom stereocenters. The van der Waals surface area contributed by atoms with Gasteiger partial charge in [0.2, 0.25) is 0 Å². The third-order valence-corrected chi connectivity index (χ3v) is 4.75. The van der Waals surface area contributed by atoms with Crippen molar-refractivity contribution < 1.29 is 0 Å². The summed E-state index contributed by atoms with van der Waals surface area (Å²) in [4.78, 5) is 18.6. The van der Waals surface area contributed by atoms with Crippen molar-refractivity contribution >= 4 is 16.7 Å². The molecule has 0 spiro atoms. The monoisotopic (exact) mass is 336 g/mol. The van der Waals surface area contributed by atoms with Gasteiger partial charge >= 0.3 is 0 Å². The third kappa shape index (κ3) is 3.22. The van der Waals surface area contributed by atoms with E-state index in [4.69, 9.17) is 0 Å². The summed E-state index contributed by atoms with van der Waals surface area (Å²) in [5.74, 6) is 0. The largest absolute Gasteiger partial charge is 0.369 e. The lowest BCUT2D eigenvalue weighted by atomic mass is 10.0. The zero-order valence-electron chi connectivity index (χ0n) is 14.7. The van der Waals surface area contributed by atoms with Crippen molar-refractivity contribution in [2.24, 2.45) is 0 Å². The first-order valence-corrected chi connectivity index (χ1v) is 8.95. The van der Waals surface area contributed by atoms with Crippen LogP contribution >= 0.6 is 0 Å². The molecule has 0 aliphatic carbocycles. The number of pyridine rings is 1. The predicted octanol–water partition coefficient (Wildman–Crippen LogP) is 2.99. The topological polar surface area (TPSA) is 69.7 Å². The Balaban J connectivity index is 1.73. The second-order valence-electron chi connectivity index (χ2n) is 6.99. The summed E-state index contributed by atoms with van der Waals surface area (Å²) in [6.07, 6.45) is 11.6. The van der Waals surface area contributed by atoms with Gasteiger partial charge in [0.25, 0.3) is 0 Å². The maximum atomic E-state index is 4.51. The molecule has 4 heterocycles. The second-order valence-corrected chi connectivity index (χ2v) is 6.99. The van der Waals surface area contributed by atoms with E-state index in [1.165, 1.54) is 18.5 Å². The lowest BCUT2D eigenvalue weighted by Crippen LogP contribution is -2.48. The number of fused-ring (bicyclic) bond motifs is 1. The lowest BCUT2D eigenvalue weighted by Gasteiger charge is -2.36. The van der Waals surface area contributed by atoms with E-state index in [2.05, 4.69) is 50.1 Å². The number of hydrogen-bond donors (Lipinski definition) is 2. The lowest BCUT2D eigenvalue weighted by molar-refractivity contribution is 0.395. The average molecular weight is 336 g/mol. The van der Waals surface area contributed by atoms with E-state index in [0.29, 0.717) is 12.1 Å². The summed E-state index contributed by atoms with van der Waals surface area (Å²) < 4.78 is 0. The Morgan fingerprint density at radius 1 is 1.28 bits per heavy atom. The van der Waals surface area contributed by atoms with Gasteiger partial charge in [0.1, 0.15) is 12.0 Å². The molecule has 130 valence electrons. The number of rotatable bonds is 4. The summed E-state index contributed by atoms with van der Waals surface area (Å²) in [7, 11) is 0. The maximum Gasteiger partial charge on any atom is 0.139 e. The van der Waals surface area contributed by atoms with Crippen molar-refractivity contribution in [1.82, 2.24) is 25.3 Å². The van der Waals surface area contributed by atoms with E-state index in [1.807, 2.05) is 24.8 Å². The predicted molar refractivity (Wildman–Crippen MR) is 101 cm³/mol. The van der Waals surface area contributed by atoms with Crippen molar-refractivity contribution in [3.05, 3.63) is 37.2 Å². The standard InChI is InChI=1S/C19H24N6/c1-13(2)24-15-4-3-7-25(11-15)17-5-6-22-19-18(17)16(10-23-19)14-8-20-12-21-9-14/h5-6,8-10,12-13,15,24H,3-4,7,11H2,1-2H3,(H,22,23)/t15-/m0/s1. The van der Waals surface area contributed by atoms with Crippen LogP contribution in [0.25, 0.3) is 22.2 Å². The molecular weight excluding hydrogens is 312 g/mol. The molecule has 1 aliphatic heterocycles. The smallest absolute Gasteiger partial charge is 0.139 e. The van der Waals surface area contributed by atoms with Crippen LogP contribution in [-0.2, 0) is 0 Å². The van der Waals surface area contributed by atoms with E-state index in [9.17, 15) is 0 Å². The molecule has 0 aromatic carbocycles. The zero-order chi connectivity index (χ0) is 17.2. The van der Waals surface area contributed by atoms with Gasteiger partial charge in [-0.2, -0.15) is 0 Å². The third-order valence-electron chi connectivity index (χ3n) is 4.75. The van der Waals surface area contributed by atoms with Crippen LogP contribution in [0.15, 0.2) is 37.2 Å². The van der Waals surface area contributed by atoms with Gasteiger partial charge in [-0.25, -0.2) is 15.0 Å². The van der Waals surface area contributed by atoms with Crippen LogP contribution in [0.2, 0.25) is 0 Å². The molecule has 0 saturated carbocycles. The van der Waals surface area contributed by atoms with Gasteiger partial charge in [-0.1, -0.05) is 13.8 Å². The molecule has 0 unspecified atom stereocenters. The Bertz CT molecular complexity index is 842. The minimum atomic E-state index is 0.506. The fraction of sp³-hybridized carbons (Fsp3) is 0.421. The van der Waals surface area contributed by atoms with E-state index < -0.39 is 0 Å². The Labute approximate surface area is 147 Å². The highest BCUT2D eigenvalue weighted by molar-refractivity contribution is 6.02. The van der Waals surface area contributed by atoms with Gasteiger partial charge in [-0.15, -0.1) is 0 Å². The Morgan fingerprint density at radius 3 is 2.92 bits per heavy atom. The fourth-order valence-electron chi connectivity index (χ4n) is 3.77. The summed E-state index contributed by atoms with van der Waals surface area (Å²) in [6.45, 7) is 6.52. The number of nitrogens with one attached hydrogen (secondary N) is 2. The summed E-state index contributed by atoms with van der Waals surface area (Å²) >= 11 is 0. The SMILES string of the molecule is CC(C)N[C@H]1CCCN(c2ccnc3[nH]cc(-c4cncnc4)c23)C1. The molecule has 25 heavy (non-hydrogen) atoms. The molecule has 0 bridgehead atoms. The van der Waals surface area contributed by atoms with Crippen LogP contribution in [0.5, 0.6) is 0 Å². The van der Waals surface area contributed by atoms with Crippen LogP contribution in [0.1, 0.15) is 26.7 Å². The van der Waals surface area contributed by atoms with Crippen molar-refractivity contribution in [2.45, 2.75) is 38.8 Å². The highest BCUT2D eigenvalue weighted by atomic mass is 15.2. The number of piperidine rings is 1. The van der Waals surface area contributed by atoms with Crippen LogP contribution in [0.3, 0.4) is 0 Å². The number of aromatic amines is 1. The van der Waals surface area contributed by atoms with E-state index in [1.54, 1.807) is 6.33 Å². The highest BCUT2D eigenvalue weighted by Gasteiger charge is 2.23. The van der Waals surface area contributed by atoms with Crippen LogP contribution in [-0.4, -0.2) is 45.1 Å². The Hall–Kier alpha value is -2.47. The average Bonchev–Trinajstić information content (AvgIpc) is 3.06. The summed E-state index contributed by atoms with van der Waals surface area (Å²) in [5.41, 5.74) is 4.27. The van der Waals surface area contributed by atoms with Crippen molar-refractivity contribution in [3.8, 4) is 11.1 Å². The van der Waals surface area contributed by atoms with Gasteiger partial charge < -0.3 is 15.2 Å². The van der Waals surface area contributed by atoms with Crippen molar-refractivity contribution in [2.75, 3.05) is 18.0 Å². The van der Waals surface area contributed by atoms with Crippen molar-refractivity contribution in [3.63, 3.8) is 0 Å². The molecule has 1 fully saturated rings. The number of H-pyrrole nitrogens is 1. The molecular formula is C19H24N6. The first kappa shape index (κ1) is 16.0. The minimum Gasteiger partial charge on any atom is -0.369 e. The molecule has 0 amide bonds. The van der Waals surface area contributed by atoms with E-state index in [0.717, 1.165) is 35.2 Å². The molecule has 1 saturated heterocycles. The number of anilines is 1. The zero-order valence-corrected chi connectivity index (χ0v) is 14.7. The second kappa shape index (κ2) is 6.80. The highest BCUT2D eigenvalue weighted by Crippen LogP contribution is 2.35.